The molecule has 0 aliphatic carbocycles. The van der Waals surface area contributed by atoms with Crippen molar-refractivity contribution in [1.29, 1.82) is 0 Å². The smallest absolute Gasteiger partial charge is 0.258 e. The van der Waals surface area contributed by atoms with Crippen molar-refractivity contribution in [2.75, 3.05) is 20.1 Å². The lowest BCUT2D eigenvalue weighted by Gasteiger charge is -2.21. The van der Waals surface area contributed by atoms with Crippen LogP contribution >= 0.6 is 11.6 Å². The quantitative estimate of drug-likeness (QED) is 0.767. The van der Waals surface area contributed by atoms with E-state index >= 15 is 0 Å². The molecule has 5 nitrogen and oxygen atoms in total. The second-order valence-corrected chi connectivity index (χ2v) is 5.91. The van der Waals surface area contributed by atoms with Crippen LogP contribution in [0.4, 0.5) is 0 Å². The van der Waals surface area contributed by atoms with E-state index in [9.17, 15) is 4.79 Å². The number of amides is 1. The van der Waals surface area contributed by atoms with Crippen LogP contribution in [0.25, 0.3) is 0 Å². The Labute approximate surface area is 151 Å². The number of nitrogens with zero attached hydrogens (tertiary/aromatic N) is 2. The molecule has 1 amide bonds. The minimum absolute atomic E-state index is 0.105. The Morgan fingerprint density at radius 2 is 1.64 bits per heavy atom. The minimum Gasteiger partial charge on any atom is -0.497 e. The van der Waals surface area contributed by atoms with Gasteiger partial charge in [0.2, 0.25) is 0 Å². The van der Waals surface area contributed by atoms with Crippen LogP contribution in [0, 0.1) is 0 Å². The summed E-state index contributed by atoms with van der Waals surface area (Å²) in [6.07, 6.45) is 0.626. The number of methoxy groups -OCH3 is 2. The molecule has 6 heteroatoms. The Balaban J connectivity index is 1.89. The van der Waals surface area contributed by atoms with Gasteiger partial charge in [-0.15, -0.1) is 11.6 Å². The normalized spacial score (nSPS) is 16.5. The molecule has 3 rings (SSSR count). The number of hydrogen-bond donors (Lipinski definition) is 0. The number of alkyl halides is 1. The molecule has 0 bridgehead atoms. The molecule has 0 spiro atoms. The second kappa shape index (κ2) is 7.57. The van der Waals surface area contributed by atoms with Gasteiger partial charge in [0.1, 0.15) is 17.4 Å². The van der Waals surface area contributed by atoms with E-state index in [1.165, 1.54) is 5.01 Å². The van der Waals surface area contributed by atoms with E-state index < -0.39 is 0 Å². The first-order valence-electron chi connectivity index (χ1n) is 7.90. The molecule has 1 aliphatic rings. The van der Waals surface area contributed by atoms with Crippen molar-refractivity contribution in [3.63, 3.8) is 0 Å². The van der Waals surface area contributed by atoms with E-state index in [1.54, 1.807) is 14.2 Å². The Bertz CT molecular complexity index is 772. The van der Waals surface area contributed by atoms with Crippen molar-refractivity contribution in [3.8, 4) is 11.5 Å². The van der Waals surface area contributed by atoms with Gasteiger partial charge >= 0.3 is 0 Å². The van der Waals surface area contributed by atoms with E-state index in [4.69, 9.17) is 21.1 Å². The number of hydrazone groups is 1. The summed E-state index contributed by atoms with van der Waals surface area (Å²) < 4.78 is 10.4. The molecule has 0 N–H and O–H groups in total. The predicted octanol–water partition coefficient (Wildman–Crippen LogP) is 3.62. The molecule has 1 atom stereocenters. The zero-order chi connectivity index (χ0) is 17.8. The molecule has 25 heavy (non-hydrogen) atoms. The van der Waals surface area contributed by atoms with Crippen LogP contribution in [0.5, 0.6) is 11.5 Å². The first-order chi connectivity index (χ1) is 12.2. The third kappa shape index (κ3) is 3.61. The molecule has 2 aromatic carbocycles. The highest BCUT2D eigenvalue weighted by Gasteiger charge is 2.32. The zero-order valence-electron chi connectivity index (χ0n) is 14.1. The van der Waals surface area contributed by atoms with Gasteiger partial charge in [-0.3, -0.25) is 4.79 Å². The van der Waals surface area contributed by atoms with Crippen molar-refractivity contribution in [1.82, 2.24) is 5.01 Å². The fourth-order valence-electron chi connectivity index (χ4n) is 2.85. The van der Waals surface area contributed by atoms with E-state index in [2.05, 4.69) is 5.10 Å². The molecule has 0 radical (unpaired) electrons. The Hall–Kier alpha value is -2.53. The summed E-state index contributed by atoms with van der Waals surface area (Å²) in [4.78, 5) is 12.2. The van der Waals surface area contributed by atoms with E-state index in [0.29, 0.717) is 6.42 Å². The highest BCUT2D eigenvalue weighted by Crippen LogP contribution is 2.34. The van der Waals surface area contributed by atoms with Crippen LogP contribution in [-0.4, -0.2) is 36.7 Å². The summed E-state index contributed by atoms with van der Waals surface area (Å²) in [6, 6.07) is 15.1. The van der Waals surface area contributed by atoms with Gasteiger partial charge in [0.05, 0.1) is 26.0 Å². The number of rotatable bonds is 5. The van der Waals surface area contributed by atoms with Gasteiger partial charge in [-0.25, -0.2) is 5.01 Å². The molecular weight excluding hydrogens is 340 g/mol. The van der Waals surface area contributed by atoms with Crippen molar-refractivity contribution in [2.45, 2.75) is 12.5 Å². The summed E-state index contributed by atoms with van der Waals surface area (Å²) in [5.74, 6) is 1.23. The molecule has 1 aliphatic heterocycles. The number of ether oxygens (including phenoxy) is 2. The van der Waals surface area contributed by atoms with Gasteiger partial charge in [0.15, 0.2) is 0 Å². The van der Waals surface area contributed by atoms with Gasteiger partial charge in [-0.1, -0.05) is 12.1 Å². The molecule has 0 saturated heterocycles. The van der Waals surface area contributed by atoms with Crippen LogP contribution in [-0.2, 0) is 4.79 Å². The van der Waals surface area contributed by atoms with E-state index in [-0.39, 0.29) is 17.8 Å². The molecule has 130 valence electrons. The average Bonchev–Trinajstić information content (AvgIpc) is 3.13. The molecular formula is C19H19ClN2O3. The summed E-state index contributed by atoms with van der Waals surface area (Å²) in [7, 11) is 3.25. The Morgan fingerprint density at radius 1 is 1.08 bits per heavy atom. The van der Waals surface area contributed by atoms with Gasteiger partial charge in [-0.2, -0.15) is 5.10 Å². The lowest BCUT2D eigenvalue weighted by atomic mass is 9.98. The maximum absolute atomic E-state index is 12.2. The molecule has 0 unspecified atom stereocenters. The van der Waals surface area contributed by atoms with Gasteiger partial charge < -0.3 is 9.47 Å². The van der Waals surface area contributed by atoms with Crippen molar-refractivity contribution < 1.29 is 14.3 Å². The fourth-order valence-corrected chi connectivity index (χ4v) is 2.97. The number of hydrogen-bond acceptors (Lipinski definition) is 4. The van der Waals surface area contributed by atoms with Gasteiger partial charge in [0.25, 0.3) is 5.91 Å². The summed E-state index contributed by atoms with van der Waals surface area (Å²) in [6.45, 7) is 0. The van der Waals surface area contributed by atoms with Crippen LogP contribution in [0.1, 0.15) is 23.6 Å². The average molecular weight is 359 g/mol. The second-order valence-electron chi connectivity index (χ2n) is 5.64. The first kappa shape index (κ1) is 17.3. The van der Waals surface area contributed by atoms with Crippen molar-refractivity contribution >= 4 is 23.2 Å². The lowest BCUT2D eigenvalue weighted by molar-refractivity contribution is -0.130. The third-order valence-corrected chi connectivity index (χ3v) is 4.43. The van der Waals surface area contributed by atoms with Crippen LogP contribution in [0.2, 0.25) is 0 Å². The summed E-state index contributed by atoms with van der Waals surface area (Å²) in [5.41, 5.74) is 2.80. The standard InChI is InChI=1S/C19H19ClN2O3/c1-24-15-7-3-13(4-8-15)17-11-18(22(21-17)19(23)12-20)14-5-9-16(25-2)10-6-14/h3-10,18H,11-12H2,1-2H3/t18-/m1/s1. The number of halogens is 1. The number of carbonyl (C=O) groups is 1. The zero-order valence-corrected chi connectivity index (χ0v) is 14.9. The summed E-state index contributed by atoms with van der Waals surface area (Å²) >= 11 is 5.77. The maximum atomic E-state index is 12.2. The van der Waals surface area contributed by atoms with Crippen LogP contribution in [0.15, 0.2) is 53.6 Å². The van der Waals surface area contributed by atoms with E-state index in [1.807, 2.05) is 48.5 Å². The predicted molar refractivity (Wildman–Crippen MR) is 97.4 cm³/mol. The van der Waals surface area contributed by atoms with E-state index in [0.717, 1.165) is 28.3 Å². The fraction of sp³-hybridized carbons (Fsp3) is 0.263. The molecule has 2 aromatic rings. The number of benzene rings is 2. The van der Waals surface area contributed by atoms with Crippen molar-refractivity contribution in [2.24, 2.45) is 5.10 Å². The highest BCUT2D eigenvalue weighted by molar-refractivity contribution is 6.27. The largest absolute Gasteiger partial charge is 0.497 e. The molecule has 0 saturated carbocycles. The van der Waals surface area contributed by atoms with Crippen LogP contribution in [0.3, 0.4) is 0 Å². The van der Waals surface area contributed by atoms with Gasteiger partial charge in [0, 0.05) is 6.42 Å². The Morgan fingerprint density at radius 3 is 2.16 bits per heavy atom. The highest BCUT2D eigenvalue weighted by atomic mass is 35.5. The monoisotopic (exact) mass is 358 g/mol. The Kier molecular flexibility index (Phi) is 5.24. The molecule has 1 heterocycles. The first-order valence-corrected chi connectivity index (χ1v) is 8.43. The lowest BCUT2D eigenvalue weighted by Crippen LogP contribution is -2.27. The third-order valence-electron chi connectivity index (χ3n) is 4.20. The van der Waals surface area contributed by atoms with Gasteiger partial charge in [-0.05, 0) is 47.5 Å². The molecule has 0 fully saturated rings. The van der Waals surface area contributed by atoms with Crippen LogP contribution < -0.4 is 9.47 Å². The minimum atomic E-state index is -0.217. The van der Waals surface area contributed by atoms with Crippen molar-refractivity contribution in [3.05, 3.63) is 59.7 Å². The SMILES string of the molecule is COc1ccc(C2=NN(C(=O)CCl)[C@@H](c3ccc(OC)cc3)C2)cc1. The maximum Gasteiger partial charge on any atom is 0.258 e. The number of carbonyl (C=O) groups excluding carboxylic acids is 1. The summed E-state index contributed by atoms with van der Waals surface area (Å²) in [5, 5.41) is 6.01. The molecule has 0 aromatic heterocycles. The topological polar surface area (TPSA) is 51.1 Å².